The number of carbonyl (C=O) groups is 2. The molecule has 0 aliphatic carbocycles. The maximum atomic E-state index is 13.4. The maximum Gasteiger partial charge on any atom is 0.317 e. The number of nitrogens with zero attached hydrogens (tertiary/aromatic N) is 2. The molecule has 2 saturated heterocycles. The Morgan fingerprint density at radius 3 is 2.46 bits per heavy atom. The molecule has 1 N–H and O–H groups in total. The summed E-state index contributed by atoms with van der Waals surface area (Å²) in [5, 5.41) is 9.01. The lowest BCUT2D eigenvalue weighted by Gasteiger charge is -2.30. The van der Waals surface area contributed by atoms with Gasteiger partial charge in [-0.1, -0.05) is 0 Å². The number of carbonyl (C=O) groups excluding carboxylic acids is 1. The van der Waals surface area contributed by atoms with E-state index in [0.717, 1.165) is 12.1 Å². The molecule has 1 amide bonds. The average molecular weight is 372 g/mol. The van der Waals surface area contributed by atoms with Crippen LogP contribution in [0.1, 0.15) is 5.56 Å². The largest absolute Gasteiger partial charge is 0.480 e. The molecule has 2 aliphatic rings. The highest BCUT2D eigenvalue weighted by molar-refractivity contribution is 5.79. The number of hydrogen-bond donors (Lipinski definition) is 1. The van der Waals surface area contributed by atoms with Crippen molar-refractivity contribution in [3.05, 3.63) is 35.1 Å². The number of halogens is 3. The van der Waals surface area contributed by atoms with Gasteiger partial charge in [0.1, 0.15) is 0 Å². The van der Waals surface area contributed by atoms with E-state index < -0.39 is 23.4 Å². The second-order valence-electron chi connectivity index (χ2n) is 6.74. The van der Waals surface area contributed by atoms with Gasteiger partial charge in [-0.15, -0.1) is 0 Å². The lowest BCUT2D eigenvalue weighted by Crippen LogP contribution is -2.47. The molecule has 2 heterocycles. The first-order chi connectivity index (χ1) is 12.3. The minimum Gasteiger partial charge on any atom is -0.480 e. The minimum atomic E-state index is -1.57. The Morgan fingerprint density at radius 2 is 1.81 bits per heavy atom. The number of ether oxygens (including phenoxy) is 1. The molecule has 0 aromatic heterocycles. The van der Waals surface area contributed by atoms with Crippen LogP contribution in [0.5, 0.6) is 0 Å². The lowest BCUT2D eigenvalue weighted by atomic mass is 10.1. The molecule has 2 bridgehead atoms. The SMILES string of the molecule is O=C(O)CN1C[C@@H]2COC[C@H](C1)N(C(=O)Cc1cc(F)c(F)c(F)c1)C2. The molecule has 0 spiro atoms. The van der Waals surface area contributed by atoms with Crippen LogP contribution in [-0.2, 0) is 20.7 Å². The summed E-state index contributed by atoms with van der Waals surface area (Å²) in [4.78, 5) is 27.0. The van der Waals surface area contributed by atoms with Crippen molar-refractivity contribution in [2.24, 2.45) is 5.92 Å². The summed E-state index contributed by atoms with van der Waals surface area (Å²) in [6.07, 6.45) is -0.268. The average Bonchev–Trinajstić information content (AvgIpc) is 2.82. The highest BCUT2D eigenvalue weighted by Crippen LogP contribution is 2.21. The van der Waals surface area contributed by atoms with E-state index >= 15 is 0 Å². The topological polar surface area (TPSA) is 70.1 Å². The number of carboxylic acid groups (broad SMARTS) is 1. The van der Waals surface area contributed by atoms with Gasteiger partial charge in [-0.05, 0) is 17.7 Å². The number of aliphatic carboxylic acids is 1. The fourth-order valence-corrected chi connectivity index (χ4v) is 3.55. The van der Waals surface area contributed by atoms with Crippen molar-refractivity contribution in [1.29, 1.82) is 0 Å². The molecule has 2 atom stereocenters. The Labute approximate surface area is 148 Å². The predicted molar refractivity (Wildman–Crippen MR) is 83.9 cm³/mol. The summed E-state index contributed by atoms with van der Waals surface area (Å²) in [7, 11) is 0. The van der Waals surface area contributed by atoms with Crippen molar-refractivity contribution in [2.75, 3.05) is 39.4 Å². The van der Waals surface area contributed by atoms with Crippen LogP contribution >= 0.6 is 0 Å². The molecule has 1 aromatic rings. The molecule has 0 saturated carbocycles. The second kappa shape index (κ2) is 7.63. The van der Waals surface area contributed by atoms with E-state index in [1.807, 2.05) is 0 Å². The maximum absolute atomic E-state index is 13.4. The second-order valence-corrected chi connectivity index (χ2v) is 6.74. The molecule has 2 aliphatic heterocycles. The van der Waals surface area contributed by atoms with Crippen molar-refractivity contribution >= 4 is 11.9 Å². The van der Waals surface area contributed by atoms with Gasteiger partial charge in [0.2, 0.25) is 5.91 Å². The Morgan fingerprint density at radius 1 is 1.12 bits per heavy atom. The summed E-state index contributed by atoms with van der Waals surface area (Å²) in [6.45, 7) is 1.78. The van der Waals surface area contributed by atoms with Crippen LogP contribution in [0.3, 0.4) is 0 Å². The van der Waals surface area contributed by atoms with Gasteiger partial charge < -0.3 is 14.7 Å². The molecule has 2 fully saturated rings. The standard InChI is InChI=1S/C17H19F3N2O4/c18-13-1-10(2-14(19)17(13)20)3-15(23)22-5-11-4-21(7-16(24)25)6-12(22)9-26-8-11/h1-2,11-12H,3-9H2,(H,24,25)/t11-,12-/m0/s1. The molecule has 142 valence electrons. The monoisotopic (exact) mass is 372 g/mol. The van der Waals surface area contributed by atoms with E-state index in [1.54, 1.807) is 9.80 Å². The van der Waals surface area contributed by atoms with Crippen molar-refractivity contribution in [3.8, 4) is 0 Å². The molecular weight excluding hydrogens is 353 g/mol. The van der Waals surface area contributed by atoms with Gasteiger partial charge in [0.05, 0.1) is 32.2 Å². The zero-order valence-electron chi connectivity index (χ0n) is 14.0. The number of hydrogen-bond acceptors (Lipinski definition) is 4. The van der Waals surface area contributed by atoms with Crippen molar-refractivity contribution in [2.45, 2.75) is 12.5 Å². The Balaban J connectivity index is 1.75. The number of rotatable bonds is 4. The van der Waals surface area contributed by atoms with Gasteiger partial charge in [0.25, 0.3) is 0 Å². The third kappa shape index (κ3) is 4.16. The molecule has 9 heteroatoms. The molecule has 26 heavy (non-hydrogen) atoms. The first kappa shape index (κ1) is 18.7. The van der Waals surface area contributed by atoms with Crippen LogP contribution in [0.25, 0.3) is 0 Å². The highest BCUT2D eigenvalue weighted by Gasteiger charge is 2.36. The third-order valence-electron chi connectivity index (χ3n) is 4.62. The Bertz CT molecular complexity index is 692. The van der Waals surface area contributed by atoms with E-state index in [4.69, 9.17) is 9.84 Å². The third-order valence-corrected chi connectivity index (χ3v) is 4.62. The van der Waals surface area contributed by atoms with E-state index in [1.165, 1.54) is 0 Å². The van der Waals surface area contributed by atoms with E-state index in [-0.39, 0.29) is 43.0 Å². The number of carboxylic acids is 1. The van der Waals surface area contributed by atoms with Crippen LogP contribution < -0.4 is 0 Å². The van der Waals surface area contributed by atoms with Gasteiger partial charge in [-0.25, -0.2) is 13.2 Å². The smallest absolute Gasteiger partial charge is 0.317 e. The summed E-state index contributed by atoms with van der Waals surface area (Å²) in [6, 6.07) is 1.28. The summed E-state index contributed by atoms with van der Waals surface area (Å²) in [5.74, 6) is -5.58. The summed E-state index contributed by atoms with van der Waals surface area (Å²) in [5.41, 5.74) is 0.0495. The van der Waals surface area contributed by atoms with E-state index in [9.17, 15) is 22.8 Å². The van der Waals surface area contributed by atoms with Crippen LogP contribution in [0.4, 0.5) is 13.2 Å². The normalized spacial score (nSPS) is 23.6. The number of amides is 1. The first-order valence-corrected chi connectivity index (χ1v) is 8.28. The molecule has 1 aromatic carbocycles. The fraction of sp³-hybridized carbons (Fsp3) is 0.529. The van der Waals surface area contributed by atoms with Crippen LogP contribution in [-0.4, -0.2) is 72.2 Å². The molecule has 0 unspecified atom stereocenters. The summed E-state index contributed by atoms with van der Waals surface area (Å²) >= 11 is 0. The van der Waals surface area contributed by atoms with Crippen molar-refractivity contribution < 1.29 is 32.6 Å². The first-order valence-electron chi connectivity index (χ1n) is 8.28. The zero-order chi connectivity index (χ0) is 18.8. The minimum absolute atomic E-state index is 0.0486. The quantitative estimate of drug-likeness (QED) is 0.795. The summed E-state index contributed by atoms with van der Waals surface area (Å²) < 4.78 is 45.4. The fourth-order valence-electron chi connectivity index (χ4n) is 3.55. The number of fused-ring (bicyclic) bond motifs is 3. The molecular formula is C17H19F3N2O4. The Hall–Kier alpha value is -2.13. The van der Waals surface area contributed by atoms with Crippen LogP contribution in [0, 0.1) is 23.4 Å². The highest BCUT2D eigenvalue weighted by atomic mass is 19.2. The van der Waals surface area contributed by atoms with Gasteiger partial charge in [-0.2, -0.15) is 0 Å². The van der Waals surface area contributed by atoms with Gasteiger partial charge in [0, 0.05) is 25.6 Å². The van der Waals surface area contributed by atoms with Crippen molar-refractivity contribution in [3.63, 3.8) is 0 Å². The molecule has 6 nitrogen and oxygen atoms in total. The van der Waals surface area contributed by atoms with E-state index in [2.05, 4.69) is 0 Å². The van der Waals surface area contributed by atoms with E-state index in [0.29, 0.717) is 26.2 Å². The van der Waals surface area contributed by atoms with Crippen LogP contribution in [0.2, 0.25) is 0 Å². The predicted octanol–water partition coefficient (Wildman–Crippen LogP) is 0.890. The molecule has 3 rings (SSSR count). The van der Waals surface area contributed by atoms with Gasteiger partial charge in [0.15, 0.2) is 17.5 Å². The van der Waals surface area contributed by atoms with Crippen LogP contribution in [0.15, 0.2) is 12.1 Å². The van der Waals surface area contributed by atoms with Gasteiger partial charge >= 0.3 is 5.97 Å². The van der Waals surface area contributed by atoms with Gasteiger partial charge in [-0.3, -0.25) is 14.5 Å². The Kier molecular flexibility index (Phi) is 5.47. The van der Waals surface area contributed by atoms with Crippen molar-refractivity contribution in [1.82, 2.24) is 9.80 Å². The lowest BCUT2D eigenvalue weighted by molar-refractivity contribution is -0.138. The molecule has 0 radical (unpaired) electrons. The zero-order valence-corrected chi connectivity index (χ0v) is 14.0. The number of benzene rings is 1.